The molecule has 0 bridgehead atoms. The van der Waals surface area contributed by atoms with Crippen molar-refractivity contribution in [1.82, 2.24) is 9.80 Å². The van der Waals surface area contributed by atoms with Crippen LogP contribution in [-0.2, 0) is 9.53 Å². The zero-order chi connectivity index (χ0) is 12.7. The lowest BCUT2D eigenvalue weighted by atomic mass is 10.2. The number of methoxy groups -OCH3 is 1. The maximum atomic E-state index is 12.1. The van der Waals surface area contributed by atoms with E-state index >= 15 is 0 Å². The SMILES string of the molecule is CC[C@H](OC)C(=O)N1CCN(CCSC)CC1. The average Bonchev–Trinajstić information content (AvgIpc) is 2.38. The van der Waals surface area contributed by atoms with E-state index in [1.54, 1.807) is 7.11 Å². The van der Waals surface area contributed by atoms with Crippen LogP contribution in [-0.4, -0.2) is 73.7 Å². The third-order valence-electron chi connectivity index (χ3n) is 3.23. The smallest absolute Gasteiger partial charge is 0.251 e. The van der Waals surface area contributed by atoms with Crippen LogP contribution in [0.15, 0.2) is 0 Å². The first-order chi connectivity index (χ1) is 8.22. The summed E-state index contributed by atoms with van der Waals surface area (Å²) in [5.74, 6) is 1.32. The third kappa shape index (κ3) is 4.48. The molecule has 1 saturated heterocycles. The van der Waals surface area contributed by atoms with Gasteiger partial charge in [0.15, 0.2) is 0 Å². The minimum Gasteiger partial charge on any atom is -0.372 e. The number of carbonyl (C=O) groups excluding carboxylic acids is 1. The molecule has 1 rings (SSSR count). The van der Waals surface area contributed by atoms with Crippen molar-refractivity contribution in [2.24, 2.45) is 0 Å². The Hall–Kier alpha value is -0.260. The fourth-order valence-corrected chi connectivity index (χ4v) is 2.50. The molecule has 0 spiro atoms. The standard InChI is InChI=1S/C12H24N2O2S/c1-4-11(16-2)12(15)14-7-5-13(6-8-14)9-10-17-3/h11H,4-10H2,1-3H3/t11-/m0/s1. The van der Waals surface area contributed by atoms with Crippen LogP contribution in [0.25, 0.3) is 0 Å². The molecule has 5 heteroatoms. The molecule has 1 aliphatic rings. The zero-order valence-electron chi connectivity index (χ0n) is 11.1. The molecule has 0 aromatic rings. The number of piperazine rings is 1. The van der Waals surface area contributed by atoms with Gasteiger partial charge < -0.3 is 9.64 Å². The minimum absolute atomic E-state index is 0.152. The van der Waals surface area contributed by atoms with E-state index in [2.05, 4.69) is 11.2 Å². The van der Waals surface area contributed by atoms with Gasteiger partial charge in [-0.05, 0) is 12.7 Å². The Labute approximate surface area is 109 Å². The number of hydrogen-bond donors (Lipinski definition) is 0. The van der Waals surface area contributed by atoms with Gasteiger partial charge in [-0.2, -0.15) is 11.8 Å². The maximum Gasteiger partial charge on any atom is 0.251 e. The molecule has 0 saturated carbocycles. The highest BCUT2D eigenvalue weighted by Gasteiger charge is 2.25. The fourth-order valence-electron chi connectivity index (χ4n) is 2.06. The number of nitrogens with zero attached hydrogens (tertiary/aromatic N) is 2. The minimum atomic E-state index is -0.257. The van der Waals surface area contributed by atoms with Crippen LogP contribution in [0.5, 0.6) is 0 Å². The molecule has 0 aromatic carbocycles. The topological polar surface area (TPSA) is 32.8 Å². The van der Waals surface area contributed by atoms with E-state index in [0.29, 0.717) is 0 Å². The highest BCUT2D eigenvalue weighted by Crippen LogP contribution is 2.08. The maximum absolute atomic E-state index is 12.1. The van der Waals surface area contributed by atoms with Gasteiger partial charge in [0, 0.05) is 45.6 Å². The Kier molecular flexibility index (Phi) is 6.92. The molecule has 0 aromatic heterocycles. The molecular formula is C12H24N2O2S. The van der Waals surface area contributed by atoms with Crippen molar-refractivity contribution in [1.29, 1.82) is 0 Å². The highest BCUT2D eigenvalue weighted by atomic mass is 32.2. The fraction of sp³-hybridized carbons (Fsp3) is 0.917. The summed E-state index contributed by atoms with van der Waals surface area (Å²) in [7, 11) is 1.61. The Morgan fingerprint density at radius 1 is 1.35 bits per heavy atom. The van der Waals surface area contributed by atoms with Gasteiger partial charge in [-0.25, -0.2) is 0 Å². The van der Waals surface area contributed by atoms with E-state index in [1.165, 1.54) is 5.75 Å². The van der Waals surface area contributed by atoms with Crippen molar-refractivity contribution in [2.75, 3.05) is 51.8 Å². The summed E-state index contributed by atoms with van der Waals surface area (Å²) in [5, 5.41) is 0. The van der Waals surface area contributed by atoms with Gasteiger partial charge in [0.05, 0.1) is 0 Å². The molecule has 0 N–H and O–H groups in total. The summed E-state index contributed by atoms with van der Waals surface area (Å²) < 4.78 is 5.20. The Bertz CT molecular complexity index is 227. The van der Waals surface area contributed by atoms with Gasteiger partial charge in [0.1, 0.15) is 6.10 Å². The van der Waals surface area contributed by atoms with Crippen molar-refractivity contribution < 1.29 is 9.53 Å². The summed E-state index contributed by atoms with van der Waals surface area (Å²) in [6.45, 7) is 6.78. The van der Waals surface area contributed by atoms with E-state index in [0.717, 1.165) is 39.1 Å². The van der Waals surface area contributed by atoms with E-state index in [4.69, 9.17) is 4.74 Å². The summed E-state index contributed by atoms with van der Waals surface area (Å²) in [4.78, 5) is 16.4. The van der Waals surface area contributed by atoms with Gasteiger partial charge in [-0.15, -0.1) is 0 Å². The molecule has 4 nitrogen and oxygen atoms in total. The largest absolute Gasteiger partial charge is 0.372 e. The Morgan fingerprint density at radius 2 is 2.00 bits per heavy atom. The molecule has 0 aliphatic carbocycles. The second-order valence-electron chi connectivity index (χ2n) is 4.29. The second kappa shape index (κ2) is 7.95. The second-order valence-corrected chi connectivity index (χ2v) is 5.28. The van der Waals surface area contributed by atoms with E-state index < -0.39 is 0 Å². The monoisotopic (exact) mass is 260 g/mol. The molecule has 1 amide bonds. The molecule has 1 heterocycles. The first-order valence-electron chi connectivity index (χ1n) is 6.25. The van der Waals surface area contributed by atoms with Gasteiger partial charge in [-0.1, -0.05) is 6.92 Å². The third-order valence-corrected chi connectivity index (χ3v) is 3.82. The highest BCUT2D eigenvalue weighted by molar-refractivity contribution is 7.98. The van der Waals surface area contributed by atoms with Crippen molar-refractivity contribution in [2.45, 2.75) is 19.4 Å². The van der Waals surface area contributed by atoms with Gasteiger partial charge in [0.2, 0.25) is 0 Å². The first kappa shape index (κ1) is 14.8. The van der Waals surface area contributed by atoms with Crippen LogP contribution in [0.3, 0.4) is 0 Å². The predicted octanol–water partition coefficient (Wildman–Crippen LogP) is 0.919. The van der Waals surface area contributed by atoms with Crippen LogP contribution in [0, 0.1) is 0 Å². The predicted molar refractivity (Wildman–Crippen MR) is 72.5 cm³/mol. The lowest BCUT2D eigenvalue weighted by Crippen LogP contribution is -2.52. The molecule has 100 valence electrons. The van der Waals surface area contributed by atoms with Crippen molar-refractivity contribution in [3.63, 3.8) is 0 Å². The number of carbonyl (C=O) groups is 1. The van der Waals surface area contributed by atoms with Crippen LogP contribution in [0.2, 0.25) is 0 Å². The van der Waals surface area contributed by atoms with Crippen LogP contribution < -0.4 is 0 Å². The normalized spacial score (nSPS) is 19.4. The van der Waals surface area contributed by atoms with E-state index in [-0.39, 0.29) is 12.0 Å². The Balaban J connectivity index is 2.33. The molecule has 17 heavy (non-hydrogen) atoms. The van der Waals surface area contributed by atoms with Crippen LogP contribution in [0.4, 0.5) is 0 Å². The molecule has 1 aliphatic heterocycles. The van der Waals surface area contributed by atoms with Gasteiger partial charge in [0.25, 0.3) is 5.91 Å². The van der Waals surface area contributed by atoms with Crippen molar-refractivity contribution in [3.05, 3.63) is 0 Å². The molecule has 0 unspecified atom stereocenters. The van der Waals surface area contributed by atoms with E-state index in [1.807, 2.05) is 23.6 Å². The average molecular weight is 260 g/mol. The lowest BCUT2D eigenvalue weighted by Gasteiger charge is -2.35. The summed E-state index contributed by atoms with van der Waals surface area (Å²) in [6.07, 6.45) is 2.62. The number of thioether (sulfide) groups is 1. The zero-order valence-corrected chi connectivity index (χ0v) is 12.0. The molecular weight excluding hydrogens is 236 g/mol. The quantitative estimate of drug-likeness (QED) is 0.711. The van der Waals surface area contributed by atoms with Crippen molar-refractivity contribution in [3.8, 4) is 0 Å². The summed E-state index contributed by atoms with van der Waals surface area (Å²) in [5.41, 5.74) is 0. The Morgan fingerprint density at radius 3 is 2.47 bits per heavy atom. The van der Waals surface area contributed by atoms with Gasteiger partial charge >= 0.3 is 0 Å². The number of rotatable bonds is 6. The van der Waals surface area contributed by atoms with E-state index in [9.17, 15) is 4.79 Å². The summed E-state index contributed by atoms with van der Waals surface area (Å²) >= 11 is 1.87. The van der Waals surface area contributed by atoms with Crippen LogP contribution in [0.1, 0.15) is 13.3 Å². The molecule has 0 radical (unpaired) electrons. The number of hydrogen-bond acceptors (Lipinski definition) is 4. The lowest BCUT2D eigenvalue weighted by molar-refractivity contribution is -0.143. The van der Waals surface area contributed by atoms with Gasteiger partial charge in [-0.3, -0.25) is 9.69 Å². The molecule has 1 fully saturated rings. The van der Waals surface area contributed by atoms with Crippen LogP contribution >= 0.6 is 11.8 Å². The number of amides is 1. The van der Waals surface area contributed by atoms with Crippen molar-refractivity contribution >= 4 is 17.7 Å². The molecule has 1 atom stereocenters. The number of ether oxygens (including phenoxy) is 1. The first-order valence-corrected chi connectivity index (χ1v) is 7.65. The summed E-state index contributed by atoms with van der Waals surface area (Å²) in [6, 6.07) is 0.